The van der Waals surface area contributed by atoms with Crippen molar-refractivity contribution in [3.05, 3.63) is 46.3 Å². The number of likely N-dealkylation sites (N-methyl/N-ethyl adjacent to an activating group) is 1. The topological polar surface area (TPSA) is 93.7 Å². The van der Waals surface area contributed by atoms with E-state index in [1.165, 1.54) is 35.0 Å². The first-order valence-corrected chi connectivity index (χ1v) is 7.45. The fraction of sp³-hybridized carbons (Fsp3) is 0.400. The van der Waals surface area contributed by atoms with E-state index in [1.807, 2.05) is 0 Å². The number of para-hydroxylation sites is 1. The van der Waals surface area contributed by atoms with E-state index in [1.54, 1.807) is 7.05 Å². The highest BCUT2D eigenvalue weighted by Gasteiger charge is 2.34. The summed E-state index contributed by atoms with van der Waals surface area (Å²) >= 11 is 0. The van der Waals surface area contributed by atoms with E-state index in [2.05, 4.69) is 4.98 Å². The Labute approximate surface area is 146 Å². The number of aryl methyl sites for hydroxylation is 1. The van der Waals surface area contributed by atoms with E-state index in [0.717, 1.165) is 12.1 Å². The standard InChI is InChI=1S/C15H17F3N4O4/c1-20(14-13(22(24)25)19-9-21(14)2)7-10(23)8-26-12-6-4-3-5-11(12)15(16,17)18/h3-6,9-10,23H,7-8H2,1-2H3/t10-/m0/s1. The third kappa shape index (κ3) is 4.42. The van der Waals surface area contributed by atoms with E-state index < -0.39 is 35.1 Å². The molecule has 2 aromatic rings. The summed E-state index contributed by atoms with van der Waals surface area (Å²) in [4.78, 5) is 15.4. The largest absolute Gasteiger partial charge is 0.490 e. The number of aliphatic hydroxyl groups is 1. The van der Waals surface area contributed by atoms with Crippen molar-refractivity contribution < 1.29 is 27.9 Å². The smallest absolute Gasteiger partial charge is 0.419 e. The summed E-state index contributed by atoms with van der Waals surface area (Å²) in [5, 5.41) is 21.0. The van der Waals surface area contributed by atoms with Gasteiger partial charge in [-0.2, -0.15) is 13.2 Å². The Morgan fingerprint density at radius 1 is 1.42 bits per heavy atom. The molecule has 1 aromatic heterocycles. The number of aromatic nitrogens is 2. The molecule has 1 heterocycles. The van der Waals surface area contributed by atoms with Crippen LogP contribution >= 0.6 is 0 Å². The second-order valence-corrected chi connectivity index (χ2v) is 5.60. The van der Waals surface area contributed by atoms with Gasteiger partial charge in [-0.3, -0.25) is 4.57 Å². The van der Waals surface area contributed by atoms with Crippen LogP contribution < -0.4 is 9.64 Å². The Kier molecular flexibility index (Phi) is 5.70. The normalized spacial score (nSPS) is 12.7. The number of aliphatic hydroxyl groups excluding tert-OH is 1. The number of alkyl halides is 3. The summed E-state index contributed by atoms with van der Waals surface area (Å²) in [6.07, 6.45) is -4.50. The summed E-state index contributed by atoms with van der Waals surface area (Å²) in [6, 6.07) is 4.67. The molecule has 0 radical (unpaired) electrons. The van der Waals surface area contributed by atoms with Crippen molar-refractivity contribution in [3.8, 4) is 5.75 Å². The quantitative estimate of drug-likeness (QED) is 0.590. The Morgan fingerprint density at radius 2 is 2.08 bits per heavy atom. The molecule has 0 aliphatic carbocycles. The maximum absolute atomic E-state index is 12.9. The van der Waals surface area contributed by atoms with Crippen molar-refractivity contribution in [2.45, 2.75) is 12.3 Å². The number of rotatable bonds is 7. The van der Waals surface area contributed by atoms with E-state index >= 15 is 0 Å². The van der Waals surface area contributed by atoms with Crippen LogP contribution in [0, 0.1) is 10.1 Å². The first-order chi connectivity index (χ1) is 12.1. The molecular weight excluding hydrogens is 357 g/mol. The summed E-state index contributed by atoms with van der Waals surface area (Å²) in [5.74, 6) is -0.622. The fourth-order valence-electron chi connectivity index (χ4n) is 2.45. The van der Waals surface area contributed by atoms with Gasteiger partial charge in [-0.25, -0.2) is 0 Å². The molecule has 142 valence electrons. The number of ether oxygens (including phenoxy) is 1. The molecule has 1 aromatic carbocycles. The lowest BCUT2D eigenvalue weighted by atomic mass is 10.2. The minimum Gasteiger partial charge on any atom is -0.490 e. The molecule has 26 heavy (non-hydrogen) atoms. The fourth-order valence-corrected chi connectivity index (χ4v) is 2.45. The number of halogens is 3. The number of nitro groups is 1. The van der Waals surface area contributed by atoms with Gasteiger partial charge in [0.25, 0.3) is 0 Å². The monoisotopic (exact) mass is 374 g/mol. The van der Waals surface area contributed by atoms with Crippen LogP contribution in [0.4, 0.5) is 24.8 Å². The van der Waals surface area contributed by atoms with Crippen molar-refractivity contribution in [3.63, 3.8) is 0 Å². The first kappa shape index (κ1) is 19.5. The van der Waals surface area contributed by atoms with Crippen LogP contribution in [0.3, 0.4) is 0 Å². The van der Waals surface area contributed by atoms with Gasteiger partial charge >= 0.3 is 12.0 Å². The van der Waals surface area contributed by atoms with E-state index in [9.17, 15) is 28.4 Å². The predicted octanol–water partition coefficient (Wildman–Crippen LogP) is 2.22. The molecule has 0 bridgehead atoms. The Hall–Kier alpha value is -2.82. The summed E-state index contributed by atoms with van der Waals surface area (Å²) in [7, 11) is 3.05. The summed E-state index contributed by atoms with van der Waals surface area (Å²) in [6.45, 7) is -0.516. The van der Waals surface area contributed by atoms with E-state index in [-0.39, 0.29) is 18.2 Å². The highest BCUT2D eigenvalue weighted by atomic mass is 19.4. The van der Waals surface area contributed by atoms with Crippen LogP contribution in [0.2, 0.25) is 0 Å². The van der Waals surface area contributed by atoms with Gasteiger partial charge in [0.15, 0.2) is 0 Å². The molecule has 0 saturated heterocycles. The average Bonchev–Trinajstić information content (AvgIpc) is 2.94. The van der Waals surface area contributed by atoms with Crippen molar-refractivity contribution in [2.24, 2.45) is 7.05 Å². The Balaban J connectivity index is 2.03. The zero-order valence-corrected chi connectivity index (χ0v) is 14.0. The summed E-state index contributed by atoms with van der Waals surface area (Å²) in [5.41, 5.74) is -0.942. The van der Waals surface area contributed by atoms with Crippen LogP contribution in [0.5, 0.6) is 5.75 Å². The zero-order chi connectivity index (χ0) is 19.5. The molecular formula is C15H17F3N4O4. The van der Waals surface area contributed by atoms with Gasteiger partial charge in [-0.05, 0) is 22.0 Å². The maximum Gasteiger partial charge on any atom is 0.419 e. The van der Waals surface area contributed by atoms with Crippen LogP contribution in [-0.4, -0.2) is 45.9 Å². The van der Waals surface area contributed by atoms with Gasteiger partial charge in [0.2, 0.25) is 12.1 Å². The zero-order valence-electron chi connectivity index (χ0n) is 14.0. The Bertz CT molecular complexity index is 778. The second-order valence-electron chi connectivity index (χ2n) is 5.60. The van der Waals surface area contributed by atoms with Gasteiger partial charge in [0.05, 0.1) is 5.56 Å². The van der Waals surface area contributed by atoms with Gasteiger partial charge in [-0.1, -0.05) is 12.1 Å². The van der Waals surface area contributed by atoms with Gasteiger partial charge in [0, 0.05) is 20.6 Å². The molecule has 2 rings (SSSR count). The minimum atomic E-state index is -4.58. The molecule has 0 saturated carbocycles. The number of nitrogens with zero attached hydrogens (tertiary/aromatic N) is 4. The third-order valence-electron chi connectivity index (χ3n) is 3.53. The molecule has 0 spiro atoms. The predicted molar refractivity (Wildman–Crippen MR) is 86.1 cm³/mol. The van der Waals surface area contributed by atoms with Gasteiger partial charge in [0.1, 0.15) is 18.5 Å². The molecule has 1 N–H and O–H groups in total. The Morgan fingerprint density at radius 3 is 2.69 bits per heavy atom. The van der Waals surface area contributed by atoms with Crippen LogP contribution in [0.1, 0.15) is 5.56 Å². The number of hydrogen-bond acceptors (Lipinski definition) is 6. The number of imidazole rings is 1. The van der Waals surface area contributed by atoms with Gasteiger partial charge < -0.3 is 24.9 Å². The lowest BCUT2D eigenvalue weighted by molar-refractivity contribution is -0.388. The van der Waals surface area contributed by atoms with Crippen LogP contribution in [0.15, 0.2) is 30.6 Å². The lowest BCUT2D eigenvalue weighted by Crippen LogP contribution is -2.34. The molecule has 0 unspecified atom stereocenters. The van der Waals surface area contributed by atoms with E-state index in [0.29, 0.717) is 0 Å². The van der Waals surface area contributed by atoms with E-state index in [4.69, 9.17) is 4.74 Å². The van der Waals surface area contributed by atoms with Crippen molar-refractivity contribution in [1.82, 2.24) is 9.55 Å². The molecule has 1 atom stereocenters. The van der Waals surface area contributed by atoms with Crippen molar-refractivity contribution >= 4 is 11.6 Å². The molecule has 0 aliphatic rings. The molecule has 0 fully saturated rings. The summed E-state index contributed by atoms with van der Waals surface area (Å²) < 4.78 is 45.2. The van der Waals surface area contributed by atoms with Crippen LogP contribution in [0.25, 0.3) is 0 Å². The highest BCUT2D eigenvalue weighted by molar-refractivity contribution is 5.54. The van der Waals surface area contributed by atoms with Gasteiger partial charge in [-0.15, -0.1) is 0 Å². The molecule has 0 amide bonds. The SMILES string of the molecule is CN(C[C@H](O)COc1ccccc1C(F)(F)F)c1c([N+](=O)[O-])ncn1C. The lowest BCUT2D eigenvalue weighted by Gasteiger charge is -2.22. The molecule has 11 heteroatoms. The third-order valence-corrected chi connectivity index (χ3v) is 3.53. The molecule has 0 aliphatic heterocycles. The van der Waals surface area contributed by atoms with Crippen LogP contribution in [-0.2, 0) is 13.2 Å². The van der Waals surface area contributed by atoms with Crippen molar-refractivity contribution in [1.29, 1.82) is 0 Å². The number of hydrogen-bond donors (Lipinski definition) is 1. The minimum absolute atomic E-state index is 0.103. The van der Waals surface area contributed by atoms with Crippen molar-refractivity contribution in [2.75, 3.05) is 25.1 Å². The first-order valence-electron chi connectivity index (χ1n) is 7.45. The highest BCUT2D eigenvalue weighted by Crippen LogP contribution is 2.36. The average molecular weight is 374 g/mol. The number of benzene rings is 1. The molecule has 8 nitrogen and oxygen atoms in total. The number of anilines is 1. The maximum atomic E-state index is 12.9. The second kappa shape index (κ2) is 7.60.